The summed E-state index contributed by atoms with van der Waals surface area (Å²) >= 11 is 0. The number of imide groups is 1. The molecule has 5 heteroatoms. The molecular formula is C26H19NO4. The minimum absolute atomic E-state index is 0.340. The second-order valence-electron chi connectivity index (χ2n) is 7.59. The minimum atomic E-state index is -0.452. The van der Waals surface area contributed by atoms with Crippen LogP contribution in [-0.4, -0.2) is 23.9 Å². The largest absolute Gasteiger partial charge is 0.454 e. The molecule has 1 unspecified atom stereocenters. The van der Waals surface area contributed by atoms with Crippen LogP contribution >= 0.6 is 0 Å². The molecule has 1 atom stereocenters. The Hall–Kier alpha value is -3.99. The number of esters is 1. The molecule has 0 radical (unpaired) electrons. The molecule has 3 aromatic rings. The number of ether oxygens (including phenoxy) is 1. The van der Waals surface area contributed by atoms with Crippen LogP contribution in [0.15, 0.2) is 84.5 Å². The van der Waals surface area contributed by atoms with Gasteiger partial charge in [0.25, 0.3) is 11.8 Å². The van der Waals surface area contributed by atoms with E-state index in [0.717, 1.165) is 22.3 Å². The highest BCUT2D eigenvalue weighted by Gasteiger charge is 2.33. The summed E-state index contributed by atoms with van der Waals surface area (Å²) in [6.45, 7) is 1.83. The maximum atomic E-state index is 13.1. The Bertz CT molecular complexity index is 1250. The van der Waals surface area contributed by atoms with Crippen molar-refractivity contribution in [3.8, 4) is 0 Å². The highest BCUT2D eigenvalue weighted by atomic mass is 16.5. The minimum Gasteiger partial charge on any atom is -0.454 e. The first-order valence-electron chi connectivity index (χ1n) is 10.1. The van der Waals surface area contributed by atoms with Gasteiger partial charge in [0.1, 0.15) is 6.10 Å². The molecule has 0 fully saturated rings. The molecule has 0 bridgehead atoms. The van der Waals surface area contributed by atoms with Crippen LogP contribution in [0.4, 0.5) is 5.69 Å². The first-order chi connectivity index (χ1) is 15.0. The highest BCUT2D eigenvalue weighted by molar-refractivity contribution is 6.35. The summed E-state index contributed by atoms with van der Waals surface area (Å²) in [4.78, 5) is 39.9. The van der Waals surface area contributed by atoms with Crippen molar-refractivity contribution in [2.75, 3.05) is 4.90 Å². The number of anilines is 1. The molecule has 5 nitrogen and oxygen atoms in total. The standard InChI is InChI=1S/C26H19NO4/c1-16(17-6-2-3-7-17)31-26(30)19-12-14-20(15-13-19)27-24(28)21-10-4-8-18-9-5-11-22(23(18)21)25(27)29/h2,4-16H,3H2,1H3. The van der Waals surface area contributed by atoms with Gasteiger partial charge in [-0.25, -0.2) is 9.69 Å². The Morgan fingerprint density at radius 2 is 1.58 bits per heavy atom. The van der Waals surface area contributed by atoms with E-state index in [4.69, 9.17) is 4.74 Å². The van der Waals surface area contributed by atoms with Crippen LogP contribution in [0.3, 0.4) is 0 Å². The number of rotatable bonds is 4. The van der Waals surface area contributed by atoms with Gasteiger partial charge in [0.15, 0.2) is 0 Å². The number of nitrogens with zero attached hydrogens (tertiary/aromatic N) is 1. The Kier molecular flexibility index (Phi) is 4.51. The van der Waals surface area contributed by atoms with Crippen molar-refractivity contribution >= 4 is 34.2 Å². The zero-order valence-electron chi connectivity index (χ0n) is 16.9. The molecular weight excluding hydrogens is 390 g/mol. The maximum Gasteiger partial charge on any atom is 0.338 e. The van der Waals surface area contributed by atoms with Gasteiger partial charge in [0.05, 0.1) is 11.3 Å². The third-order valence-electron chi connectivity index (χ3n) is 5.69. The van der Waals surface area contributed by atoms with E-state index in [1.165, 1.54) is 0 Å². The van der Waals surface area contributed by atoms with E-state index in [1.807, 2.05) is 49.4 Å². The fourth-order valence-electron chi connectivity index (χ4n) is 4.09. The number of carbonyl (C=O) groups excluding carboxylic acids is 3. The summed E-state index contributed by atoms with van der Waals surface area (Å²) in [5.74, 6) is -1.21. The topological polar surface area (TPSA) is 63.7 Å². The number of amides is 2. The Morgan fingerprint density at radius 3 is 2.16 bits per heavy atom. The van der Waals surface area contributed by atoms with E-state index >= 15 is 0 Å². The van der Waals surface area contributed by atoms with Gasteiger partial charge in [-0.15, -0.1) is 0 Å². The van der Waals surface area contributed by atoms with Gasteiger partial charge in [-0.05, 0) is 60.7 Å². The van der Waals surface area contributed by atoms with Crippen LogP contribution in [0.1, 0.15) is 44.4 Å². The third-order valence-corrected chi connectivity index (χ3v) is 5.69. The van der Waals surface area contributed by atoms with Gasteiger partial charge >= 0.3 is 5.97 Å². The molecule has 1 aliphatic carbocycles. The average Bonchev–Trinajstić information content (AvgIpc) is 3.33. The molecule has 3 aromatic carbocycles. The van der Waals surface area contributed by atoms with Crippen LogP contribution in [0.25, 0.3) is 10.8 Å². The van der Waals surface area contributed by atoms with Gasteiger partial charge in [-0.1, -0.05) is 42.5 Å². The van der Waals surface area contributed by atoms with Gasteiger partial charge in [-0.2, -0.15) is 0 Å². The summed E-state index contributed by atoms with van der Waals surface area (Å²) in [5, 5.41) is 1.54. The maximum absolute atomic E-state index is 13.1. The predicted molar refractivity (Wildman–Crippen MR) is 118 cm³/mol. The first kappa shape index (κ1) is 19.0. The van der Waals surface area contributed by atoms with Crippen molar-refractivity contribution in [1.82, 2.24) is 0 Å². The third kappa shape index (κ3) is 3.15. The number of allylic oxidation sites excluding steroid dienone is 2. The fraction of sp³-hybridized carbons (Fsp3) is 0.115. The molecule has 152 valence electrons. The van der Waals surface area contributed by atoms with Crippen LogP contribution in [0.5, 0.6) is 0 Å². The molecule has 2 aliphatic rings. The molecule has 31 heavy (non-hydrogen) atoms. The highest BCUT2D eigenvalue weighted by Crippen LogP contribution is 2.32. The Balaban J connectivity index is 1.42. The van der Waals surface area contributed by atoms with Crippen molar-refractivity contribution in [2.24, 2.45) is 0 Å². The normalized spacial score (nSPS) is 15.9. The monoisotopic (exact) mass is 409 g/mol. The number of benzene rings is 3. The van der Waals surface area contributed by atoms with Crippen molar-refractivity contribution in [1.29, 1.82) is 0 Å². The molecule has 1 aliphatic heterocycles. The zero-order chi connectivity index (χ0) is 21.5. The lowest BCUT2D eigenvalue weighted by Crippen LogP contribution is -2.40. The van der Waals surface area contributed by atoms with Gasteiger partial charge in [0, 0.05) is 16.5 Å². The number of carbonyl (C=O) groups is 3. The zero-order valence-corrected chi connectivity index (χ0v) is 16.9. The lowest BCUT2D eigenvalue weighted by atomic mass is 9.94. The second kappa shape index (κ2) is 7.36. The molecule has 0 spiro atoms. The molecule has 2 amide bonds. The van der Waals surface area contributed by atoms with Crippen LogP contribution in [0.2, 0.25) is 0 Å². The van der Waals surface area contributed by atoms with Crippen molar-refractivity contribution in [2.45, 2.75) is 19.4 Å². The lowest BCUT2D eigenvalue weighted by molar-refractivity contribution is 0.0411. The predicted octanol–water partition coefficient (Wildman–Crippen LogP) is 5.07. The molecule has 0 aromatic heterocycles. The van der Waals surface area contributed by atoms with E-state index < -0.39 is 5.97 Å². The number of hydrogen-bond donors (Lipinski definition) is 0. The quantitative estimate of drug-likeness (QED) is 0.446. The molecule has 0 saturated carbocycles. The smallest absolute Gasteiger partial charge is 0.338 e. The SMILES string of the molecule is CC(OC(=O)c1ccc(N2C(=O)c3cccc4cccc(c34)C2=O)cc1)C1=CCC=C1. The fourth-order valence-corrected chi connectivity index (χ4v) is 4.09. The van der Waals surface area contributed by atoms with E-state index in [-0.39, 0.29) is 17.9 Å². The first-order valence-corrected chi connectivity index (χ1v) is 10.1. The van der Waals surface area contributed by atoms with Gasteiger partial charge in [0.2, 0.25) is 0 Å². The van der Waals surface area contributed by atoms with Crippen molar-refractivity contribution in [3.63, 3.8) is 0 Å². The second-order valence-corrected chi connectivity index (χ2v) is 7.59. The average molecular weight is 409 g/mol. The van der Waals surface area contributed by atoms with E-state index in [0.29, 0.717) is 27.8 Å². The van der Waals surface area contributed by atoms with Crippen LogP contribution < -0.4 is 4.90 Å². The molecule has 0 N–H and O–H groups in total. The molecule has 0 saturated heterocycles. The van der Waals surface area contributed by atoms with E-state index in [1.54, 1.807) is 36.4 Å². The summed E-state index contributed by atoms with van der Waals surface area (Å²) in [6.07, 6.45) is 6.49. The van der Waals surface area contributed by atoms with E-state index in [2.05, 4.69) is 0 Å². The van der Waals surface area contributed by atoms with Crippen LogP contribution in [0, 0.1) is 0 Å². The van der Waals surface area contributed by atoms with Crippen LogP contribution in [-0.2, 0) is 4.74 Å². The molecule has 1 heterocycles. The summed E-state index contributed by atoms with van der Waals surface area (Å²) in [5.41, 5.74) is 2.72. The Morgan fingerprint density at radius 1 is 0.935 bits per heavy atom. The van der Waals surface area contributed by atoms with Crippen molar-refractivity contribution < 1.29 is 19.1 Å². The lowest BCUT2D eigenvalue weighted by Gasteiger charge is -2.27. The van der Waals surface area contributed by atoms with Gasteiger partial charge in [-0.3, -0.25) is 9.59 Å². The summed E-state index contributed by atoms with van der Waals surface area (Å²) in [7, 11) is 0. The number of hydrogen-bond acceptors (Lipinski definition) is 4. The van der Waals surface area contributed by atoms with Gasteiger partial charge < -0.3 is 4.74 Å². The molecule has 5 rings (SSSR count). The summed E-state index contributed by atoms with van der Waals surface area (Å²) in [6, 6.07) is 17.2. The van der Waals surface area contributed by atoms with Crippen molar-refractivity contribution in [3.05, 3.63) is 101 Å². The van der Waals surface area contributed by atoms with E-state index in [9.17, 15) is 14.4 Å². The summed E-state index contributed by atoms with van der Waals surface area (Å²) < 4.78 is 5.53. The Labute approximate surface area is 179 Å².